The van der Waals surface area contributed by atoms with Crippen molar-refractivity contribution in [2.75, 3.05) is 0 Å². The lowest BCUT2D eigenvalue weighted by Gasteiger charge is -2.18. The molecule has 0 N–H and O–H groups in total. The van der Waals surface area contributed by atoms with Crippen LogP contribution in [0.1, 0.15) is 26.3 Å². The van der Waals surface area contributed by atoms with E-state index in [4.69, 9.17) is 0 Å². The first kappa shape index (κ1) is 9.96. The third kappa shape index (κ3) is 1.65. The van der Waals surface area contributed by atoms with Crippen molar-refractivity contribution in [3.8, 4) is 0 Å². The summed E-state index contributed by atoms with van der Waals surface area (Å²) in [6, 6.07) is 6.36. The van der Waals surface area contributed by atoms with Crippen molar-refractivity contribution in [2.24, 2.45) is 0 Å². The summed E-state index contributed by atoms with van der Waals surface area (Å²) in [6.07, 6.45) is 2.05. The number of fused-ring (bicyclic) bond motifs is 1. The van der Waals surface area contributed by atoms with Gasteiger partial charge in [-0.3, -0.25) is 0 Å². The van der Waals surface area contributed by atoms with E-state index in [1.165, 1.54) is 10.9 Å². The fourth-order valence-electron chi connectivity index (χ4n) is 1.62. The minimum Gasteiger partial charge on any atom is -0.210 e. The minimum absolute atomic E-state index is 0.157. The Morgan fingerprint density at radius 1 is 1.29 bits per heavy atom. The van der Waals surface area contributed by atoms with Crippen molar-refractivity contribution in [3.63, 3.8) is 0 Å². The van der Waals surface area contributed by atoms with Gasteiger partial charge in [-0.25, -0.2) is 2.90 Å². The summed E-state index contributed by atoms with van der Waals surface area (Å²) in [5.74, 6) is 0. The molecule has 2 nitrogen and oxygen atoms in total. The van der Waals surface area contributed by atoms with Crippen molar-refractivity contribution in [2.45, 2.75) is 26.2 Å². The molecule has 3 heteroatoms. The molecule has 0 saturated carbocycles. The molecule has 1 heterocycles. The summed E-state index contributed by atoms with van der Waals surface area (Å²) in [5.41, 5.74) is 2.59. The monoisotopic (exact) mass is 300 g/mol. The number of benzene rings is 1. The molecule has 74 valence electrons. The molecule has 14 heavy (non-hydrogen) atoms. The van der Waals surface area contributed by atoms with E-state index in [0.717, 1.165) is 5.52 Å². The normalized spacial score (nSPS) is 12.3. The number of aromatic nitrogens is 2. The van der Waals surface area contributed by atoms with Gasteiger partial charge in [-0.15, -0.1) is 0 Å². The van der Waals surface area contributed by atoms with Crippen LogP contribution in [0.3, 0.4) is 0 Å². The van der Waals surface area contributed by atoms with Crippen LogP contribution >= 0.6 is 22.9 Å². The summed E-state index contributed by atoms with van der Waals surface area (Å²) in [7, 11) is 0. The fraction of sp³-hybridized carbons (Fsp3) is 0.364. The van der Waals surface area contributed by atoms with Gasteiger partial charge in [0.25, 0.3) is 0 Å². The van der Waals surface area contributed by atoms with Crippen LogP contribution in [-0.4, -0.2) is 7.99 Å². The molecule has 1 aromatic heterocycles. The average Bonchev–Trinajstić information content (AvgIpc) is 2.41. The first-order valence-corrected chi connectivity index (χ1v) is 5.60. The van der Waals surface area contributed by atoms with Gasteiger partial charge in [-0.1, -0.05) is 39.0 Å². The predicted octanol–water partition coefficient (Wildman–Crippen LogP) is 3.53. The van der Waals surface area contributed by atoms with Crippen LogP contribution in [0.25, 0.3) is 10.9 Å². The van der Waals surface area contributed by atoms with Crippen LogP contribution in [-0.2, 0) is 5.41 Å². The molecule has 0 amide bonds. The van der Waals surface area contributed by atoms with E-state index < -0.39 is 0 Å². The Balaban J connectivity index is 2.77. The summed E-state index contributed by atoms with van der Waals surface area (Å²) >= 11 is 2.18. The third-order valence-corrected chi connectivity index (χ3v) is 2.81. The lowest BCUT2D eigenvalue weighted by Crippen LogP contribution is -2.11. The second-order valence-corrected chi connectivity index (χ2v) is 5.50. The summed E-state index contributed by atoms with van der Waals surface area (Å²) in [6.45, 7) is 6.65. The van der Waals surface area contributed by atoms with Crippen LogP contribution in [0, 0.1) is 0 Å². The highest BCUT2D eigenvalue weighted by Crippen LogP contribution is 2.28. The third-order valence-electron chi connectivity index (χ3n) is 2.32. The molecule has 2 rings (SSSR count). The van der Waals surface area contributed by atoms with E-state index in [0.29, 0.717) is 0 Å². The average molecular weight is 300 g/mol. The predicted molar refractivity (Wildman–Crippen MR) is 67.9 cm³/mol. The largest absolute Gasteiger partial charge is 0.210 e. The van der Waals surface area contributed by atoms with Gasteiger partial charge in [0, 0.05) is 11.6 Å². The number of hydrogen-bond donors (Lipinski definition) is 0. The van der Waals surface area contributed by atoms with Gasteiger partial charge in [0.1, 0.15) is 0 Å². The molecule has 0 aliphatic carbocycles. The molecule has 1 aromatic carbocycles. The number of nitrogens with zero attached hydrogens (tertiary/aromatic N) is 2. The quantitative estimate of drug-likeness (QED) is 0.681. The van der Waals surface area contributed by atoms with Crippen molar-refractivity contribution in [3.05, 3.63) is 30.0 Å². The molecule has 0 atom stereocenters. The maximum absolute atomic E-state index is 4.48. The highest BCUT2D eigenvalue weighted by molar-refractivity contribution is 14.1. The smallest absolute Gasteiger partial charge is 0.0969 e. The molecule has 0 unspecified atom stereocenters. The molecular weight excluding hydrogens is 287 g/mol. The van der Waals surface area contributed by atoms with Gasteiger partial charge in [-0.05, 0) is 11.0 Å². The van der Waals surface area contributed by atoms with Gasteiger partial charge < -0.3 is 0 Å². The van der Waals surface area contributed by atoms with Crippen molar-refractivity contribution in [1.82, 2.24) is 7.99 Å². The van der Waals surface area contributed by atoms with Crippen LogP contribution in [0.4, 0.5) is 0 Å². The molecular formula is C11H13IN2. The molecule has 0 aliphatic rings. The van der Waals surface area contributed by atoms with Gasteiger partial charge in [0.15, 0.2) is 0 Å². The highest BCUT2D eigenvalue weighted by Gasteiger charge is 2.18. The SMILES string of the molecule is CC(C)(C)c1cccc2cn(I)nc12. The van der Waals surface area contributed by atoms with E-state index in [1.54, 1.807) is 0 Å². The van der Waals surface area contributed by atoms with Gasteiger partial charge in [-0.2, -0.15) is 5.10 Å². The summed E-state index contributed by atoms with van der Waals surface area (Å²) in [4.78, 5) is 0. The number of rotatable bonds is 0. The van der Waals surface area contributed by atoms with Crippen LogP contribution < -0.4 is 0 Å². The Hall–Kier alpha value is -0.580. The Morgan fingerprint density at radius 2 is 2.00 bits per heavy atom. The molecule has 0 fully saturated rings. The Bertz CT molecular complexity index is 466. The zero-order valence-electron chi connectivity index (χ0n) is 8.58. The number of halogens is 1. The van der Waals surface area contributed by atoms with Gasteiger partial charge >= 0.3 is 0 Å². The fourth-order valence-corrected chi connectivity index (χ4v) is 2.14. The van der Waals surface area contributed by atoms with Gasteiger partial charge in [0.05, 0.1) is 28.4 Å². The van der Waals surface area contributed by atoms with E-state index >= 15 is 0 Å². The molecule has 0 radical (unpaired) electrons. The maximum atomic E-state index is 4.48. The molecule has 0 spiro atoms. The first-order valence-electron chi connectivity index (χ1n) is 4.63. The second-order valence-electron chi connectivity index (χ2n) is 4.51. The van der Waals surface area contributed by atoms with Crippen LogP contribution in [0.5, 0.6) is 0 Å². The Kier molecular flexibility index (Phi) is 2.29. The van der Waals surface area contributed by atoms with Crippen molar-refractivity contribution in [1.29, 1.82) is 0 Å². The zero-order valence-corrected chi connectivity index (χ0v) is 10.7. The molecule has 0 bridgehead atoms. The van der Waals surface area contributed by atoms with Gasteiger partial charge in [0.2, 0.25) is 0 Å². The Labute approximate surface area is 97.8 Å². The van der Waals surface area contributed by atoms with E-state index in [1.807, 2.05) is 9.09 Å². The standard InChI is InChI=1S/C11H13IN2/c1-11(2,3)9-6-4-5-8-7-14(12)13-10(8)9/h4-7H,1-3H3. The number of hydrogen-bond acceptors (Lipinski definition) is 1. The minimum atomic E-state index is 0.157. The summed E-state index contributed by atoms with van der Waals surface area (Å²) in [5, 5.41) is 5.70. The highest BCUT2D eigenvalue weighted by atomic mass is 127. The van der Waals surface area contributed by atoms with Crippen LogP contribution in [0.15, 0.2) is 24.4 Å². The lowest BCUT2D eigenvalue weighted by atomic mass is 9.86. The lowest BCUT2D eigenvalue weighted by molar-refractivity contribution is 0.594. The zero-order chi connectivity index (χ0) is 10.3. The molecule has 0 aliphatic heterocycles. The topological polar surface area (TPSA) is 17.8 Å². The second kappa shape index (κ2) is 3.22. The van der Waals surface area contributed by atoms with E-state index in [2.05, 4.69) is 66.9 Å². The molecule has 0 saturated heterocycles. The van der Waals surface area contributed by atoms with Crippen molar-refractivity contribution < 1.29 is 0 Å². The summed E-state index contributed by atoms with van der Waals surface area (Å²) < 4.78 is 1.84. The van der Waals surface area contributed by atoms with E-state index in [-0.39, 0.29) is 5.41 Å². The van der Waals surface area contributed by atoms with Crippen molar-refractivity contribution >= 4 is 33.8 Å². The Morgan fingerprint density at radius 3 is 2.64 bits per heavy atom. The maximum Gasteiger partial charge on any atom is 0.0969 e. The first-order chi connectivity index (χ1) is 6.48. The molecule has 2 aromatic rings. The van der Waals surface area contributed by atoms with E-state index in [9.17, 15) is 0 Å². The van der Waals surface area contributed by atoms with Crippen LogP contribution in [0.2, 0.25) is 0 Å².